The summed E-state index contributed by atoms with van der Waals surface area (Å²) in [6, 6.07) is 5.03. The first-order chi connectivity index (χ1) is 8.15. The van der Waals surface area contributed by atoms with Crippen molar-refractivity contribution in [1.29, 1.82) is 0 Å². The number of hydrogen-bond donors (Lipinski definition) is 1. The lowest BCUT2D eigenvalue weighted by Crippen LogP contribution is -2.20. The van der Waals surface area contributed by atoms with E-state index >= 15 is 0 Å². The number of ether oxygens (including phenoxy) is 1. The van der Waals surface area contributed by atoms with E-state index in [-0.39, 0.29) is 5.82 Å². The zero-order valence-electron chi connectivity index (χ0n) is 10.8. The normalized spacial score (nSPS) is 10.9. The van der Waals surface area contributed by atoms with Gasteiger partial charge in [-0.1, -0.05) is 19.1 Å². The van der Waals surface area contributed by atoms with Crippen LogP contribution in [0.25, 0.3) is 0 Å². The van der Waals surface area contributed by atoms with E-state index in [1.807, 2.05) is 32.0 Å². The summed E-state index contributed by atoms with van der Waals surface area (Å²) >= 11 is 0. The van der Waals surface area contributed by atoms with E-state index in [1.165, 1.54) is 6.07 Å². The minimum absolute atomic E-state index is 0.292. The summed E-state index contributed by atoms with van der Waals surface area (Å²) in [5, 5.41) is 3.17. The second-order valence-corrected chi connectivity index (χ2v) is 4.16. The molecule has 0 atom stereocenters. The van der Waals surface area contributed by atoms with Gasteiger partial charge in [0.2, 0.25) is 0 Å². The molecule has 0 amide bonds. The molecule has 3 nitrogen and oxygen atoms in total. The van der Waals surface area contributed by atoms with E-state index in [9.17, 15) is 4.39 Å². The summed E-state index contributed by atoms with van der Waals surface area (Å²) in [4.78, 5) is 2.00. The predicted octanol–water partition coefficient (Wildman–Crippen LogP) is 1.88. The highest BCUT2D eigenvalue weighted by atomic mass is 19.1. The SMILES string of the molecule is CCNCc1cccc(F)c1OCCN(C)C. The Morgan fingerprint density at radius 2 is 2.12 bits per heavy atom. The molecule has 17 heavy (non-hydrogen) atoms. The highest BCUT2D eigenvalue weighted by Crippen LogP contribution is 2.22. The fourth-order valence-electron chi connectivity index (χ4n) is 1.44. The van der Waals surface area contributed by atoms with Gasteiger partial charge in [-0.25, -0.2) is 4.39 Å². The van der Waals surface area contributed by atoms with E-state index in [4.69, 9.17) is 4.74 Å². The first kappa shape index (κ1) is 13.9. The van der Waals surface area contributed by atoms with Crippen LogP contribution in [0.5, 0.6) is 5.75 Å². The molecule has 0 aromatic heterocycles. The summed E-state index contributed by atoms with van der Waals surface area (Å²) in [6.45, 7) is 4.77. The standard InChI is InChI=1S/C13H21FN2O/c1-4-15-10-11-6-5-7-12(14)13(11)17-9-8-16(2)3/h5-7,15H,4,8-10H2,1-3H3. The molecule has 4 heteroatoms. The molecule has 1 N–H and O–H groups in total. The summed E-state index contributed by atoms with van der Waals surface area (Å²) in [7, 11) is 3.93. The molecule has 1 aromatic carbocycles. The van der Waals surface area contributed by atoms with E-state index in [0.29, 0.717) is 18.9 Å². The molecule has 0 aliphatic heterocycles. The Hall–Kier alpha value is -1.13. The van der Waals surface area contributed by atoms with Gasteiger partial charge in [0.05, 0.1) is 0 Å². The monoisotopic (exact) mass is 240 g/mol. The highest BCUT2D eigenvalue weighted by molar-refractivity contribution is 5.34. The van der Waals surface area contributed by atoms with Crippen LogP contribution < -0.4 is 10.1 Å². The quantitative estimate of drug-likeness (QED) is 0.787. The smallest absolute Gasteiger partial charge is 0.165 e. The van der Waals surface area contributed by atoms with Gasteiger partial charge in [0.1, 0.15) is 6.61 Å². The maximum atomic E-state index is 13.6. The van der Waals surface area contributed by atoms with Gasteiger partial charge in [-0.15, -0.1) is 0 Å². The van der Waals surface area contributed by atoms with Crippen molar-refractivity contribution in [3.8, 4) is 5.75 Å². The van der Waals surface area contributed by atoms with E-state index in [0.717, 1.165) is 18.7 Å². The van der Waals surface area contributed by atoms with Gasteiger partial charge in [-0.3, -0.25) is 0 Å². The number of rotatable bonds is 7. The molecule has 0 spiro atoms. The number of nitrogens with zero attached hydrogens (tertiary/aromatic N) is 1. The van der Waals surface area contributed by atoms with Gasteiger partial charge in [-0.05, 0) is 26.7 Å². The Balaban J connectivity index is 2.66. The summed E-state index contributed by atoms with van der Waals surface area (Å²) < 4.78 is 19.2. The van der Waals surface area contributed by atoms with Gasteiger partial charge in [-0.2, -0.15) is 0 Å². The van der Waals surface area contributed by atoms with Crippen molar-refractivity contribution in [2.45, 2.75) is 13.5 Å². The molecular formula is C13H21FN2O. The Morgan fingerprint density at radius 3 is 2.76 bits per heavy atom. The number of likely N-dealkylation sites (N-methyl/N-ethyl adjacent to an activating group) is 1. The van der Waals surface area contributed by atoms with Crippen LogP contribution in [0.15, 0.2) is 18.2 Å². The molecule has 96 valence electrons. The maximum absolute atomic E-state index is 13.6. The third-order valence-corrected chi connectivity index (χ3v) is 2.40. The number of nitrogens with one attached hydrogen (secondary N) is 1. The van der Waals surface area contributed by atoms with Gasteiger partial charge in [0.25, 0.3) is 0 Å². The van der Waals surface area contributed by atoms with E-state index in [2.05, 4.69) is 5.32 Å². The Bertz CT molecular complexity index is 342. The number of benzene rings is 1. The molecular weight excluding hydrogens is 219 g/mol. The Labute approximate surface area is 103 Å². The van der Waals surface area contributed by atoms with Crippen LogP contribution >= 0.6 is 0 Å². The molecule has 1 rings (SSSR count). The van der Waals surface area contributed by atoms with Crippen LogP contribution in [0.1, 0.15) is 12.5 Å². The predicted molar refractivity (Wildman–Crippen MR) is 67.8 cm³/mol. The van der Waals surface area contributed by atoms with E-state index in [1.54, 1.807) is 6.07 Å². The highest BCUT2D eigenvalue weighted by Gasteiger charge is 2.09. The molecule has 0 saturated carbocycles. The lowest BCUT2D eigenvalue weighted by molar-refractivity contribution is 0.250. The molecule has 0 bridgehead atoms. The van der Waals surface area contributed by atoms with Gasteiger partial charge >= 0.3 is 0 Å². The molecule has 0 aliphatic carbocycles. The lowest BCUT2D eigenvalue weighted by atomic mass is 10.2. The zero-order chi connectivity index (χ0) is 12.7. The molecule has 0 unspecified atom stereocenters. The number of hydrogen-bond acceptors (Lipinski definition) is 3. The largest absolute Gasteiger partial charge is 0.489 e. The van der Waals surface area contributed by atoms with Crippen LogP contribution in [0.2, 0.25) is 0 Å². The first-order valence-electron chi connectivity index (χ1n) is 5.90. The lowest BCUT2D eigenvalue weighted by Gasteiger charge is -2.14. The Kier molecular flexibility index (Phi) is 5.94. The van der Waals surface area contributed by atoms with Crippen molar-refractivity contribution in [3.05, 3.63) is 29.6 Å². The summed E-state index contributed by atoms with van der Waals surface area (Å²) in [5.74, 6) is 0.0782. The van der Waals surface area contributed by atoms with Crippen molar-refractivity contribution in [3.63, 3.8) is 0 Å². The van der Waals surface area contributed by atoms with Crippen molar-refractivity contribution in [2.24, 2.45) is 0 Å². The average molecular weight is 240 g/mol. The fourth-order valence-corrected chi connectivity index (χ4v) is 1.44. The molecule has 0 aliphatic rings. The number of para-hydroxylation sites is 1. The van der Waals surface area contributed by atoms with Crippen LogP contribution in [-0.4, -0.2) is 38.7 Å². The van der Waals surface area contributed by atoms with Crippen molar-refractivity contribution in [1.82, 2.24) is 10.2 Å². The second-order valence-electron chi connectivity index (χ2n) is 4.16. The maximum Gasteiger partial charge on any atom is 0.165 e. The third-order valence-electron chi connectivity index (χ3n) is 2.40. The second kappa shape index (κ2) is 7.25. The first-order valence-corrected chi connectivity index (χ1v) is 5.90. The molecule has 0 saturated heterocycles. The topological polar surface area (TPSA) is 24.5 Å². The van der Waals surface area contributed by atoms with Gasteiger partial charge in [0, 0.05) is 18.7 Å². The van der Waals surface area contributed by atoms with Crippen LogP contribution in [0.4, 0.5) is 4.39 Å². The van der Waals surface area contributed by atoms with Crippen molar-refractivity contribution < 1.29 is 9.13 Å². The van der Waals surface area contributed by atoms with Crippen molar-refractivity contribution in [2.75, 3.05) is 33.8 Å². The van der Waals surface area contributed by atoms with Crippen LogP contribution in [0.3, 0.4) is 0 Å². The summed E-state index contributed by atoms with van der Waals surface area (Å²) in [6.07, 6.45) is 0. The molecule has 0 heterocycles. The van der Waals surface area contributed by atoms with E-state index < -0.39 is 0 Å². The molecule has 0 fully saturated rings. The minimum Gasteiger partial charge on any atom is -0.489 e. The average Bonchev–Trinajstić information content (AvgIpc) is 2.29. The summed E-state index contributed by atoms with van der Waals surface area (Å²) in [5.41, 5.74) is 0.866. The molecule has 1 aromatic rings. The fraction of sp³-hybridized carbons (Fsp3) is 0.538. The van der Waals surface area contributed by atoms with Gasteiger partial charge in [0.15, 0.2) is 11.6 Å². The van der Waals surface area contributed by atoms with Crippen molar-refractivity contribution >= 4 is 0 Å². The van der Waals surface area contributed by atoms with Crippen LogP contribution in [0, 0.1) is 5.82 Å². The third kappa shape index (κ3) is 4.71. The molecule has 0 radical (unpaired) electrons. The van der Waals surface area contributed by atoms with Crippen LogP contribution in [-0.2, 0) is 6.54 Å². The van der Waals surface area contributed by atoms with Gasteiger partial charge < -0.3 is 15.0 Å². The zero-order valence-corrected chi connectivity index (χ0v) is 10.8. The Morgan fingerprint density at radius 1 is 1.35 bits per heavy atom. The number of halogens is 1. The minimum atomic E-state index is -0.292.